The number of nitrogens with zero attached hydrogens (tertiary/aromatic N) is 7. The van der Waals surface area contributed by atoms with Crippen molar-refractivity contribution in [3.8, 4) is 33.5 Å². The largest absolute Gasteiger partial charge is 0.311 e. The van der Waals surface area contributed by atoms with Gasteiger partial charge in [0.2, 0.25) is 0 Å². The van der Waals surface area contributed by atoms with Crippen molar-refractivity contribution >= 4 is 70.5 Å². The Morgan fingerprint density at radius 2 is 0.981 bits per heavy atom. The Labute approximate surface area is 302 Å². The molecule has 0 aliphatic heterocycles. The summed E-state index contributed by atoms with van der Waals surface area (Å²) in [6.45, 7) is 0. The van der Waals surface area contributed by atoms with Crippen LogP contribution in [-0.4, -0.2) is 30.4 Å². The van der Waals surface area contributed by atoms with E-state index in [1.807, 2.05) is 12.1 Å². The minimum Gasteiger partial charge on any atom is -0.311 e. The molecule has 0 amide bonds. The molecule has 0 unspecified atom stereocenters. The summed E-state index contributed by atoms with van der Waals surface area (Å²) in [4.78, 5) is 11.7. The van der Waals surface area contributed by atoms with Crippen LogP contribution in [0.1, 0.15) is 0 Å². The highest BCUT2D eigenvalue weighted by atomic mass is 32.1. The average Bonchev–Trinajstić information content (AvgIpc) is 3.61. The van der Waals surface area contributed by atoms with Crippen LogP contribution in [-0.2, 0) is 0 Å². The molecule has 7 nitrogen and oxygen atoms in total. The van der Waals surface area contributed by atoms with Crippen LogP contribution in [0.3, 0.4) is 0 Å². The molecule has 244 valence electrons. The van der Waals surface area contributed by atoms with E-state index in [1.54, 1.807) is 30.1 Å². The van der Waals surface area contributed by atoms with Crippen LogP contribution < -0.4 is 4.90 Å². The first kappa shape index (κ1) is 30.0. The predicted octanol–water partition coefficient (Wildman–Crippen LogP) is 11.2. The summed E-state index contributed by atoms with van der Waals surface area (Å²) in [5.74, 6) is 0. The van der Waals surface area contributed by atoms with E-state index in [4.69, 9.17) is 4.98 Å². The Morgan fingerprint density at radius 1 is 0.462 bits per heavy atom. The summed E-state index contributed by atoms with van der Waals surface area (Å²) in [6.07, 6.45) is 5.11. The second kappa shape index (κ2) is 12.5. The molecule has 10 aromatic rings. The molecule has 0 N–H and O–H groups in total. The van der Waals surface area contributed by atoms with Gasteiger partial charge in [-0.1, -0.05) is 78.9 Å². The number of thiophene rings is 1. The van der Waals surface area contributed by atoms with E-state index < -0.39 is 0 Å². The quantitative estimate of drug-likeness (QED) is 0.172. The van der Waals surface area contributed by atoms with Gasteiger partial charge in [0.1, 0.15) is 6.33 Å². The number of anilines is 3. The third kappa shape index (κ3) is 5.30. The normalized spacial score (nSPS) is 11.5. The van der Waals surface area contributed by atoms with E-state index in [1.165, 1.54) is 4.70 Å². The van der Waals surface area contributed by atoms with Gasteiger partial charge in [-0.15, -0.1) is 11.3 Å². The first-order valence-electron chi connectivity index (χ1n) is 16.9. The number of benzene rings is 6. The third-order valence-corrected chi connectivity index (χ3v) is 10.7. The van der Waals surface area contributed by atoms with E-state index >= 15 is 0 Å². The number of aromatic nitrogens is 6. The zero-order chi connectivity index (χ0) is 34.4. The Bertz CT molecular complexity index is 2780. The molecule has 0 bridgehead atoms. The van der Waals surface area contributed by atoms with E-state index in [-0.39, 0.29) is 0 Å². The summed E-state index contributed by atoms with van der Waals surface area (Å²) >= 11 is 1.74. The highest BCUT2D eigenvalue weighted by Gasteiger charge is 2.16. The zero-order valence-electron chi connectivity index (χ0n) is 27.6. The van der Waals surface area contributed by atoms with Gasteiger partial charge >= 0.3 is 0 Å². The molecule has 4 heterocycles. The van der Waals surface area contributed by atoms with E-state index in [0.717, 1.165) is 88.0 Å². The van der Waals surface area contributed by atoms with Crippen molar-refractivity contribution < 1.29 is 0 Å². The monoisotopic (exact) mass is 685 g/mol. The standard InChI is InChI=1S/C44H27N7S/c1-2-4-41-38(3-1)43-44(52-41)42(45-27-46-43)32-13-19-37(20-14-32)51(35-15-9-28(10-16-35)33-7-5-30-21-23-47-49-39(30)25-33)36-17-11-29(12-18-36)34-8-6-31-22-24-48-50-40(31)26-34/h1-27H. The third-order valence-electron chi connectivity index (χ3n) is 9.51. The highest BCUT2D eigenvalue weighted by Crippen LogP contribution is 2.40. The van der Waals surface area contributed by atoms with E-state index in [0.29, 0.717) is 0 Å². The highest BCUT2D eigenvalue weighted by molar-refractivity contribution is 7.26. The van der Waals surface area contributed by atoms with Crippen LogP contribution >= 0.6 is 11.3 Å². The summed E-state index contributed by atoms with van der Waals surface area (Å²) in [5, 5.41) is 20.1. The second-order valence-electron chi connectivity index (χ2n) is 12.6. The van der Waals surface area contributed by atoms with Crippen LogP contribution in [0, 0.1) is 0 Å². The molecule has 8 heteroatoms. The number of fused-ring (bicyclic) bond motifs is 5. The summed E-state index contributed by atoms with van der Waals surface area (Å²) in [7, 11) is 0. The van der Waals surface area contributed by atoms with Gasteiger partial charge < -0.3 is 4.90 Å². The summed E-state index contributed by atoms with van der Waals surface area (Å²) in [6, 6.07) is 51.0. The zero-order valence-corrected chi connectivity index (χ0v) is 28.4. The Hall–Kier alpha value is -6.90. The minimum atomic E-state index is 0.876. The van der Waals surface area contributed by atoms with Gasteiger partial charge in [-0.3, -0.25) is 0 Å². The van der Waals surface area contributed by atoms with Gasteiger partial charge in [-0.05, 0) is 89.0 Å². The van der Waals surface area contributed by atoms with E-state index in [2.05, 4.69) is 164 Å². The van der Waals surface area contributed by atoms with Crippen LogP contribution in [0.2, 0.25) is 0 Å². The number of hydrogen-bond acceptors (Lipinski definition) is 8. The maximum atomic E-state index is 4.75. The molecular formula is C44H27N7S. The maximum absolute atomic E-state index is 4.75. The average molecular weight is 686 g/mol. The molecule has 0 spiro atoms. The number of rotatable bonds is 6. The fraction of sp³-hybridized carbons (Fsp3) is 0. The molecule has 0 saturated heterocycles. The summed E-state index contributed by atoms with van der Waals surface area (Å²) in [5.41, 5.74) is 12.3. The van der Waals surface area contributed by atoms with Gasteiger partial charge in [0.15, 0.2) is 0 Å². The Kier molecular flexibility index (Phi) is 7.18. The van der Waals surface area contributed by atoms with Crippen molar-refractivity contribution in [2.24, 2.45) is 0 Å². The predicted molar refractivity (Wildman–Crippen MR) is 212 cm³/mol. The lowest BCUT2D eigenvalue weighted by atomic mass is 10.0. The lowest BCUT2D eigenvalue weighted by Crippen LogP contribution is -2.09. The molecular weight excluding hydrogens is 659 g/mol. The molecule has 0 aliphatic rings. The van der Waals surface area contributed by atoms with Crippen molar-refractivity contribution in [2.75, 3.05) is 4.90 Å². The van der Waals surface area contributed by atoms with Gasteiger partial charge in [-0.25, -0.2) is 9.97 Å². The van der Waals surface area contributed by atoms with Gasteiger partial charge in [-0.2, -0.15) is 20.4 Å². The Morgan fingerprint density at radius 3 is 1.56 bits per heavy atom. The van der Waals surface area contributed by atoms with Gasteiger partial charge in [0.25, 0.3) is 0 Å². The minimum absolute atomic E-state index is 0.876. The van der Waals surface area contributed by atoms with Crippen LogP contribution in [0.25, 0.3) is 75.6 Å². The van der Waals surface area contributed by atoms with Crippen molar-refractivity contribution in [3.05, 3.63) is 164 Å². The van der Waals surface area contributed by atoms with Crippen LogP contribution in [0.15, 0.2) is 164 Å². The second-order valence-corrected chi connectivity index (χ2v) is 13.6. The number of hydrogen-bond donors (Lipinski definition) is 0. The maximum Gasteiger partial charge on any atom is 0.116 e. The lowest BCUT2D eigenvalue weighted by Gasteiger charge is -2.26. The lowest BCUT2D eigenvalue weighted by molar-refractivity contribution is 1.08. The van der Waals surface area contributed by atoms with E-state index in [9.17, 15) is 0 Å². The van der Waals surface area contributed by atoms with Crippen LogP contribution in [0.4, 0.5) is 17.1 Å². The molecule has 0 saturated carbocycles. The van der Waals surface area contributed by atoms with Crippen molar-refractivity contribution in [1.82, 2.24) is 30.4 Å². The smallest absolute Gasteiger partial charge is 0.116 e. The van der Waals surface area contributed by atoms with Crippen LogP contribution in [0.5, 0.6) is 0 Å². The molecule has 6 aromatic carbocycles. The molecule has 0 aliphatic carbocycles. The topological polar surface area (TPSA) is 80.6 Å². The first-order chi connectivity index (χ1) is 25.7. The van der Waals surface area contributed by atoms with Crippen molar-refractivity contribution in [2.45, 2.75) is 0 Å². The molecule has 4 aromatic heterocycles. The summed E-state index contributed by atoms with van der Waals surface area (Å²) < 4.78 is 2.31. The molecule has 0 radical (unpaired) electrons. The molecule has 0 atom stereocenters. The molecule has 10 rings (SSSR count). The Balaban J connectivity index is 1.04. The SMILES string of the molecule is c1ccc2c(c1)sc1c(-c3ccc(N(c4ccc(-c5ccc6ccnnc6c5)cc4)c4ccc(-c5ccc6ccnnc6c5)cc4)cc3)ncnc12. The fourth-order valence-corrected chi connectivity index (χ4v) is 8.04. The fourth-order valence-electron chi connectivity index (χ4n) is 6.87. The molecule has 0 fully saturated rings. The first-order valence-corrected chi connectivity index (χ1v) is 17.7. The van der Waals surface area contributed by atoms with Gasteiger partial charge in [0.05, 0.1) is 39.3 Å². The molecule has 52 heavy (non-hydrogen) atoms. The van der Waals surface area contributed by atoms with Gasteiger partial charge in [0, 0.05) is 43.5 Å². The van der Waals surface area contributed by atoms with Crippen molar-refractivity contribution in [1.29, 1.82) is 0 Å². The van der Waals surface area contributed by atoms with Crippen molar-refractivity contribution in [3.63, 3.8) is 0 Å².